The van der Waals surface area contributed by atoms with E-state index in [9.17, 15) is 24.3 Å². The molecule has 7 atom stereocenters. The molecule has 4 heterocycles. The number of fused-ring (bicyclic) bond motifs is 2. The number of hydrogen-bond acceptors (Lipinski definition) is 7. The van der Waals surface area contributed by atoms with Crippen LogP contribution in [0.2, 0.25) is 0 Å². The van der Waals surface area contributed by atoms with E-state index in [1.165, 1.54) is 4.90 Å². The Morgan fingerprint density at radius 1 is 1.10 bits per heavy atom. The van der Waals surface area contributed by atoms with E-state index in [1.54, 1.807) is 42.2 Å². The summed E-state index contributed by atoms with van der Waals surface area (Å²) in [5, 5.41) is 13.4. The Hall–Kier alpha value is -3.50. The summed E-state index contributed by atoms with van der Waals surface area (Å²) >= 11 is 0. The topological polar surface area (TPSA) is 125 Å². The number of rotatable bonds is 3. The lowest BCUT2D eigenvalue weighted by molar-refractivity contribution is -0.160. The molecular formula is C31H39N3O7. The maximum absolute atomic E-state index is 14.6. The molecule has 0 aliphatic carbocycles. The number of nitrogens with zero attached hydrogens (tertiary/aromatic N) is 2. The van der Waals surface area contributed by atoms with Crippen LogP contribution in [0.1, 0.15) is 52.1 Å². The zero-order valence-corrected chi connectivity index (χ0v) is 24.0. The molecule has 1 aromatic rings. The van der Waals surface area contributed by atoms with Crippen LogP contribution in [-0.4, -0.2) is 87.7 Å². The first-order valence-electron chi connectivity index (χ1n) is 14.3. The predicted octanol–water partition coefficient (Wildman–Crippen LogP) is 1.90. The quantitative estimate of drug-likeness (QED) is 0.424. The molecule has 2 saturated heterocycles. The molecule has 10 heteroatoms. The number of carbonyl (C=O) groups excluding carboxylic acids is 4. The van der Waals surface area contributed by atoms with E-state index in [-0.39, 0.29) is 24.8 Å². The van der Waals surface area contributed by atoms with Gasteiger partial charge in [-0.15, -0.1) is 0 Å². The summed E-state index contributed by atoms with van der Waals surface area (Å²) < 4.78 is 12.4. The van der Waals surface area contributed by atoms with Crippen molar-refractivity contribution in [3.05, 3.63) is 60.2 Å². The number of carbonyl (C=O) groups is 4. The van der Waals surface area contributed by atoms with Crippen molar-refractivity contribution in [2.45, 2.75) is 76.0 Å². The molecule has 0 unspecified atom stereocenters. The van der Waals surface area contributed by atoms with Crippen molar-refractivity contribution in [2.75, 3.05) is 19.7 Å². The highest BCUT2D eigenvalue weighted by molar-refractivity contribution is 5.99. The van der Waals surface area contributed by atoms with Crippen LogP contribution in [-0.2, 0) is 28.7 Å². The third-order valence-electron chi connectivity index (χ3n) is 8.47. The van der Waals surface area contributed by atoms with Crippen LogP contribution in [0.15, 0.2) is 54.6 Å². The van der Waals surface area contributed by atoms with Crippen LogP contribution in [0.5, 0.6) is 0 Å². The Morgan fingerprint density at radius 3 is 2.51 bits per heavy atom. The number of aliphatic hydroxyl groups is 1. The molecule has 0 bridgehead atoms. The maximum atomic E-state index is 14.6. The van der Waals surface area contributed by atoms with Crippen molar-refractivity contribution in [3.8, 4) is 0 Å². The van der Waals surface area contributed by atoms with Crippen molar-refractivity contribution in [2.24, 2.45) is 11.8 Å². The second-order valence-electron chi connectivity index (χ2n) is 12.2. The van der Waals surface area contributed by atoms with Gasteiger partial charge in [0.2, 0.25) is 17.7 Å². The van der Waals surface area contributed by atoms with Crippen molar-refractivity contribution in [1.29, 1.82) is 0 Å². The summed E-state index contributed by atoms with van der Waals surface area (Å²) in [6, 6.07) is 7.12. The normalized spacial score (nSPS) is 33.9. The second-order valence-corrected chi connectivity index (χ2v) is 12.2. The third kappa shape index (κ3) is 5.08. The van der Waals surface area contributed by atoms with E-state index in [4.69, 9.17) is 9.47 Å². The standard InChI is InChI=1S/C31H39N3O7/c1-19-17-32-23(36)14-9-8-13-22-24(29(39)40-19)25-27(37)34(21(18-35)20-11-6-5-7-12-20)26-28(38)33(30(2,3)4)16-10-15-31(25,26)41-22/h5-8,10-13,15,19,21-22,24-26,35H,9,14,16-18H2,1-4H3,(H,32,36)/b13-8-/t19-,21-,22-,24+,25+,26-,31+/m1/s1. The van der Waals surface area contributed by atoms with Crippen LogP contribution >= 0.6 is 0 Å². The first-order chi connectivity index (χ1) is 19.5. The fourth-order valence-corrected chi connectivity index (χ4v) is 6.57. The predicted molar refractivity (Wildman–Crippen MR) is 149 cm³/mol. The lowest BCUT2D eigenvalue weighted by atomic mass is 9.77. The van der Waals surface area contributed by atoms with E-state index in [2.05, 4.69) is 5.32 Å². The minimum absolute atomic E-state index is 0.143. The van der Waals surface area contributed by atoms with Gasteiger partial charge >= 0.3 is 5.97 Å². The highest BCUT2D eigenvalue weighted by Gasteiger charge is 2.73. The number of aliphatic hydroxyl groups excluding tert-OH is 1. The summed E-state index contributed by atoms with van der Waals surface area (Å²) in [4.78, 5) is 58.1. The van der Waals surface area contributed by atoms with Crippen molar-refractivity contribution >= 4 is 23.7 Å². The molecule has 4 aliphatic rings. The average molecular weight is 566 g/mol. The fourth-order valence-electron chi connectivity index (χ4n) is 6.57. The number of allylic oxidation sites excluding steroid dienone is 1. The fraction of sp³-hybridized carbons (Fsp3) is 0.548. The van der Waals surface area contributed by atoms with Gasteiger partial charge in [-0.1, -0.05) is 54.6 Å². The van der Waals surface area contributed by atoms with E-state index in [0.717, 1.165) is 0 Å². The zero-order chi connectivity index (χ0) is 29.5. The van der Waals surface area contributed by atoms with E-state index >= 15 is 0 Å². The van der Waals surface area contributed by atoms with Gasteiger partial charge in [0.05, 0.1) is 31.2 Å². The number of nitrogens with one attached hydrogen (secondary N) is 1. The van der Waals surface area contributed by atoms with Gasteiger partial charge in [0.1, 0.15) is 23.7 Å². The van der Waals surface area contributed by atoms with Gasteiger partial charge in [0.25, 0.3) is 0 Å². The first-order valence-corrected chi connectivity index (χ1v) is 14.3. The monoisotopic (exact) mass is 565 g/mol. The molecule has 1 spiro atoms. The molecule has 0 aromatic heterocycles. The molecule has 2 fully saturated rings. The van der Waals surface area contributed by atoms with Gasteiger partial charge in [-0.25, -0.2) is 0 Å². The van der Waals surface area contributed by atoms with Gasteiger partial charge in [-0.3, -0.25) is 19.2 Å². The molecule has 3 amide bonds. The number of benzene rings is 1. The number of cyclic esters (lactones) is 1. The first kappa shape index (κ1) is 29.0. The lowest BCUT2D eigenvalue weighted by Crippen LogP contribution is -2.59. The van der Waals surface area contributed by atoms with Gasteiger partial charge < -0.3 is 29.7 Å². The minimum atomic E-state index is -1.47. The van der Waals surface area contributed by atoms with Crippen LogP contribution in [0.3, 0.4) is 0 Å². The second kappa shape index (κ2) is 11.1. The van der Waals surface area contributed by atoms with Gasteiger partial charge in [-0.05, 0) is 39.7 Å². The number of amides is 3. The average Bonchev–Trinajstić information content (AvgIpc) is 3.30. The number of likely N-dealkylation sites (tertiary alicyclic amines) is 1. The molecule has 5 rings (SSSR count). The number of hydrogen-bond donors (Lipinski definition) is 2. The minimum Gasteiger partial charge on any atom is -0.460 e. The molecule has 4 aliphatic heterocycles. The highest BCUT2D eigenvalue weighted by atomic mass is 16.6. The van der Waals surface area contributed by atoms with Crippen molar-refractivity contribution in [1.82, 2.24) is 15.1 Å². The van der Waals surface area contributed by atoms with E-state index in [1.807, 2.05) is 45.0 Å². The largest absolute Gasteiger partial charge is 0.460 e. The van der Waals surface area contributed by atoms with E-state index < -0.39 is 65.8 Å². The molecule has 2 N–H and O–H groups in total. The Kier molecular flexibility index (Phi) is 7.82. The van der Waals surface area contributed by atoms with Gasteiger partial charge in [-0.2, -0.15) is 0 Å². The molecule has 0 saturated carbocycles. The Balaban J connectivity index is 1.66. The summed E-state index contributed by atoms with van der Waals surface area (Å²) in [6.45, 7) is 7.48. The maximum Gasteiger partial charge on any atom is 0.313 e. The zero-order valence-electron chi connectivity index (χ0n) is 24.0. The van der Waals surface area contributed by atoms with Crippen LogP contribution in [0.25, 0.3) is 0 Å². The number of esters is 1. The van der Waals surface area contributed by atoms with Crippen LogP contribution < -0.4 is 5.32 Å². The lowest BCUT2D eigenvalue weighted by Gasteiger charge is -2.42. The summed E-state index contributed by atoms with van der Waals surface area (Å²) in [7, 11) is 0. The molecule has 41 heavy (non-hydrogen) atoms. The van der Waals surface area contributed by atoms with Crippen LogP contribution in [0.4, 0.5) is 0 Å². The summed E-state index contributed by atoms with van der Waals surface area (Å²) in [5.41, 5.74) is -1.36. The Morgan fingerprint density at radius 2 is 1.83 bits per heavy atom. The molecule has 0 radical (unpaired) electrons. The number of ether oxygens (including phenoxy) is 2. The molecule has 10 nitrogen and oxygen atoms in total. The molecular weight excluding hydrogens is 526 g/mol. The summed E-state index contributed by atoms with van der Waals surface area (Å²) in [6.07, 6.45) is 6.28. The van der Waals surface area contributed by atoms with E-state index in [0.29, 0.717) is 18.5 Å². The van der Waals surface area contributed by atoms with Gasteiger partial charge in [0, 0.05) is 18.5 Å². The van der Waals surface area contributed by atoms with Gasteiger partial charge in [0.15, 0.2) is 0 Å². The SMILES string of the molecule is C[C@@H]1CNC(=O)CC/C=C\[C@H]2O[C@]34C=CCN(C(C)(C)C)C(=O)[C@H]3N([C@H](CO)c3ccccc3)C(=O)[C@@H]4[C@H]2C(=O)O1. The highest BCUT2D eigenvalue weighted by Crippen LogP contribution is 2.55. The smallest absolute Gasteiger partial charge is 0.313 e. The van der Waals surface area contributed by atoms with Crippen molar-refractivity contribution < 1.29 is 33.8 Å². The summed E-state index contributed by atoms with van der Waals surface area (Å²) in [5.74, 6) is -3.63. The Bertz CT molecular complexity index is 1260. The van der Waals surface area contributed by atoms with Crippen molar-refractivity contribution in [3.63, 3.8) is 0 Å². The Labute approximate surface area is 240 Å². The third-order valence-corrected chi connectivity index (χ3v) is 8.47. The molecule has 220 valence electrons. The molecule has 1 aromatic carbocycles. The van der Waals surface area contributed by atoms with Crippen LogP contribution in [0, 0.1) is 11.8 Å².